The standard InChI is InChI=1S/C12H19NOS/c1-13(2)9-4-10-14-11-5-7-12(15-3)8-6-11/h5-8H,4,9-10H2,1-3H3. The second-order valence-electron chi connectivity index (χ2n) is 3.68. The van der Waals surface area contributed by atoms with Gasteiger partial charge in [-0.3, -0.25) is 0 Å². The molecular formula is C12H19NOS. The maximum atomic E-state index is 5.62. The molecule has 0 unspecified atom stereocenters. The maximum Gasteiger partial charge on any atom is 0.119 e. The molecule has 0 spiro atoms. The Bertz CT molecular complexity index is 271. The molecule has 0 aliphatic rings. The van der Waals surface area contributed by atoms with Crippen molar-refractivity contribution in [2.24, 2.45) is 0 Å². The van der Waals surface area contributed by atoms with Crippen molar-refractivity contribution in [2.45, 2.75) is 11.3 Å². The quantitative estimate of drug-likeness (QED) is 0.545. The van der Waals surface area contributed by atoms with Gasteiger partial charge in [-0.15, -0.1) is 11.8 Å². The van der Waals surface area contributed by atoms with Crippen LogP contribution in [0.4, 0.5) is 0 Å². The van der Waals surface area contributed by atoms with Crippen LogP contribution in [0.3, 0.4) is 0 Å². The fourth-order valence-electron chi connectivity index (χ4n) is 1.24. The van der Waals surface area contributed by atoms with Gasteiger partial charge >= 0.3 is 0 Å². The Labute approximate surface area is 96.6 Å². The first-order chi connectivity index (χ1) is 7.22. The number of hydrogen-bond donors (Lipinski definition) is 0. The lowest BCUT2D eigenvalue weighted by Gasteiger charge is -2.10. The molecule has 0 fully saturated rings. The fraction of sp³-hybridized carbons (Fsp3) is 0.500. The summed E-state index contributed by atoms with van der Waals surface area (Å²) in [5, 5.41) is 0. The van der Waals surface area contributed by atoms with Gasteiger partial charge in [0.2, 0.25) is 0 Å². The van der Waals surface area contributed by atoms with Crippen molar-refractivity contribution >= 4 is 11.8 Å². The van der Waals surface area contributed by atoms with E-state index in [0.29, 0.717) is 0 Å². The lowest BCUT2D eigenvalue weighted by atomic mass is 10.3. The molecule has 3 heteroatoms. The second-order valence-corrected chi connectivity index (χ2v) is 4.56. The summed E-state index contributed by atoms with van der Waals surface area (Å²) in [6, 6.07) is 8.24. The average molecular weight is 225 g/mol. The third-order valence-electron chi connectivity index (χ3n) is 2.08. The molecule has 84 valence electrons. The topological polar surface area (TPSA) is 12.5 Å². The molecule has 0 bridgehead atoms. The summed E-state index contributed by atoms with van der Waals surface area (Å²) < 4.78 is 5.62. The van der Waals surface area contributed by atoms with E-state index in [1.807, 2.05) is 12.1 Å². The van der Waals surface area contributed by atoms with E-state index in [1.165, 1.54) is 4.90 Å². The summed E-state index contributed by atoms with van der Waals surface area (Å²) in [7, 11) is 4.15. The summed E-state index contributed by atoms with van der Waals surface area (Å²) in [5.74, 6) is 0.964. The van der Waals surface area contributed by atoms with Gasteiger partial charge in [-0.2, -0.15) is 0 Å². The van der Waals surface area contributed by atoms with E-state index < -0.39 is 0 Å². The van der Waals surface area contributed by atoms with Crippen LogP contribution in [0.1, 0.15) is 6.42 Å². The molecule has 1 rings (SSSR count). The predicted octanol–water partition coefficient (Wildman–Crippen LogP) is 2.74. The minimum atomic E-state index is 0.788. The molecule has 1 aromatic carbocycles. The maximum absolute atomic E-state index is 5.62. The average Bonchev–Trinajstić information content (AvgIpc) is 2.25. The highest BCUT2D eigenvalue weighted by atomic mass is 32.2. The Kier molecular flexibility index (Phi) is 5.58. The van der Waals surface area contributed by atoms with E-state index >= 15 is 0 Å². The highest BCUT2D eigenvalue weighted by Gasteiger charge is 1.95. The van der Waals surface area contributed by atoms with Crippen LogP contribution in [0.5, 0.6) is 5.75 Å². The number of hydrogen-bond acceptors (Lipinski definition) is 3. The zero-order valence-electron chi connectivity index (χ0n) is 9.69. The van der Waals surface area contributed by atoms with E-state index in [0.717, 1.165) is 25.3 Å². The summed E-state index contributed by atoms with van der Waals surface area (Å²) in [6.07, 6.45) is 3.14. The number of benzene rings is 1. The summed E-state index contributed by atoms with van der Waals surface area (Å²) in [5.41, 5.74) is 0. The molecule has 2 nitrogen and oxygen atoms in total. The zero-order valence-corrected chi connectivity index (χ0v) is 10.5. The van der Waals surface area contributed by atoms with Gasteiger partial charge in [-0.25, -0.2) is 0 Å². The first-order valence-corrected chi connectivity index (χ1v) is 6.36. The molecule has 0 saturated heterocycles. The highest BCUT2D eigenvalue weighted by Crippen LogP contribution is 2.18. The molecule has 0 aromatic heterocycles. The Morgan fingerprint density at radius 1 is 1.20 bits per heavy atom. The van der Waals surface area contributed by atoms with Crippen molar-refractivity contribution in [2.75, 3.05) is 33.5 Å². The largest absolute Gasteiger partial charge is 0.494 e. The predicted molar refractivity (Wildman–Crippen MR) is 66.9 cm³/mol. The van der Waals surface area contributed by atoms with Crippen LogP contribution in [-0.4, -0.2) is 38.4 Å². The Balaban J connectivity index is 2.25. The van der Waals surface area contributed by atoms with Gasteiger partial charge in [0.1, 0.15) is 5.75 Å². The Hall–Kier alpha value is -0.670. The van der Waals surface area contributed by atoms with Crippen LogP contribution in [-0.2, 0) is 0 Å². The van der Waals surface area contributed by atoms with Crippen molar-refractivity contribution in [1.29, 1.82) is 0 Å². The monoisotopic (exact) mass is 225 g/mol. The van der Waals surface area contributed by atoms with Gasteiger partial charge in [0, 0.05) is 11.4 Å². The zero-order chi connectivity index (χ0) is 11.1. The van der Waals surface area contributed by atoms with Crippen molar-refractivity contribution < 1.29 is 4.74 Å². The van der Waals surface area contributed by atoms with Gasteiger partial charge in [0.05, 0.1) is 6.61 Å². The van der Waals surface area contributed by atoms with E-state index in [2.05, 4.69) is 37.4 Å². The molecule has 0 atom stereocenters. The van der Waals surface area contributed by atoms with Crippen LogP contribution in [0, 0.1) is 0 Å². The molecule has 0 amide bonds. The van der Waals surface area contributed by atoms with Crippen molar-refractivity contribution in [3.8, 4) is 5.75 Å². The lowest BCUT2D eigenvalue weighted by Crippen LogP contribution is -2.15. The van der Waals surface area contributed by atoms with Crippen molar-refractivity contribution in [3.05, 3.63) is 24.3 Å². The minimum Gasteiger partial charge on any atom is -0.494 e. The van der Waals surface area contributed by atoms with E-state index in [-0.39, 0.29) is 0 Å². The first-order valence-electron chi connectivity index (χ1n) is 5.14. The van der Waals surface area contributed by atoms with E-state index in [9.17, 15) is 0 Å². The molecule has 0 radical (unpaired) electrons. The SMILES string of the molecule is CSc1ccc(OCCCN(C)C)cc1. The van der Waals surface area contributed by atoms with Crippen LogP contribution in [0.15, 0.2) is 29.2 Å². The van der Waals surface area contributed by atoms with Crippen molar-refractivity contribution in [3.63, 3.8) is 0 Å². The van der Waals surface area contributed by atoms with E-state index in [4.69, 9.17) is 4.74 Å². The van der Waals surface area contributed by atoms with Gasteiger partial charge < -0.3 is 9.64 Å². The molecule has 0 saturated carbocycles. The molecule has 0 aliphatic heterocycles. The molecule has 1 aromatic rings. The van der Waals surface area contributed by atoms with Crippen LogP contribution in [0.25, 0.3) is 0 Å². The molecule has 0 aliphatic carbocycles. The van der Waals surface area contributed by atoms with Crippen LogP contribution < -0.4 is 4.74 Å². The fourth-order valence-corrected chi connectivity index (χ4v) is 1.65. The smallest absolute Gasteiger partial charge is 0.119 e. The van der Waals surface area contributed by atoms with Crippen LogP contribution >= 0.6 is 11.8 Å². The van der Waals surface area contributed by atoms with Gasteiger partial charge in [-0.1, -0.05) is 0 Å². The highest BCUT2D eigenvalue weighted by molar-refractivity contribution is 7.98. The second kappa shape index (κ2) is 6.75. The number of thioether (sulfide) groups is 1. The number of ether oxygens (including phenoxy) is 1. The molecular weight excluding hydrogens is 206 g/mol. The Morgan fingerprint density at radius 3 is 2.40 bits per heavy atom. The number of nitrogens with zero attached hydrogens (tertiary/aromatic N) is 1. The van der Waals surface area contributed by atoms with Crippen LogP contribution in [0.2, 0.25) is 0 Å². The number of rotatable bonds is 6. The third-order valence-corrected chi connectivity index (χ3v) is 2.82. The first kappa shape index (κ1) is 12.4. The Morgan fingerprint density at radius 2 is 1.87 bits per heavy atom. The van der Waals surface area contributed by atoms with E-state index in [1.54, 1.807) is 11.8 Å². The minimum absolute atomic E-state index is 0.788. The molecule has 15 heavy (non-hydrogen) atoms. The third kappa shape index (κ3) is 5.09. The summed E-state index contributed by atoms with van der Waals surface area (Å²) >= 11 is 1.75. The normalized spacial score (nSPS) is 10.7. The molecule has 0 heterocycles. The lowest BCUT2D eigenvalue weighted by molar-refractivity contribution is 0.281. The van der Waals surface area contributed by atoms with Crippen molar-refractivity contribution in [1.82, 2.24) is 4.90 Å². The van der Waals surface area contributed by atoms with Gasteiger partial charge in [0.25, 0.3) is 0 Å². The van der Waals surface area contributed by atoms with Gasteiger partial charge in [-0.05, 0) is 51.0 Å². The summed E-state index contributed by atoms with van der Waals surface area (Å²) in [6.45, 7) is 1.86. The molecule has 0 N–H and O–H groups in total. The van der Waals surface area contributed by atoms with Gasteiger partial charge in [0.15, 0.2) is 0 Å². The summed E-state index contributed by atoms with van der Waals surface area (Å²) in [4.78, 5) is 3.44.